The number of benzene rings is 2. The Hall–Kier alpha value is -2.56. The zero-order valence-electron chi connectivity index (χ0n) is 11.0. The molecule has 0 radical (unpaired) electrons. The van der Waals surface area contributed by atoms with Crippen LogP contribution in [0.3, 0.4) is 0 Å². The molecule has 0 unspecified atom stereocenters. The Balaban J connectivity index is 2.25. The second-order valence-electron chi connectivity index (χ2n) is 4.10. The molecule has 0 spiro atoms. The van der Waals surface area contributed by atoms with Gasteiger partial charge in [-0.3, -0.25) is 0 Å². The van der Waals surface area contributed by atoms with Gasteiger partial charge in [0.05, 0.1) is 22.7 Å². The molecule has 0 saturated carbocycles. The highest BCUT2D eigenvalue weighted by molar-refractivity contribution is 5.69. The first-order valence-electron chi connectivity index (χ1n) is 5.96. The summed E-state index contributed by atoms with van der Waals surface area (Å²) in [7, 11) is 3.63. The summed E-state index contributed by atoms with van der Waals surface area (Å²) in [5, 5.41) is 6.03. The van der Waals surface area contributed by atoms with Crippen molar-refractivity contribution in [2.24, 2.45) is 0 Å². The van der Waals surface area contributed by atoms with Crippen LogP contribution in [0.5, 0.6) is 11.5 Å². The molecule has 2 rings (SSSR count). The third-order valence-corrected chi connectivity index (χ3v) is 2.82. The molecule has 0 aliphatic carbocycles. The first-order valence-corrected chi connectivity index (χ1v) is 5.96. The van der Waals surface area contributed by atoms with Crippen LogP contribution in [0.4, 0.5) is 22.7 Å². The highest BCUT2D eigenvalue weighted by atomic mass is 16.5. The fourth-order valence-electron chi connectivity index (χ4n) is 1.77. The van der Waals surface area contributed by atoms with E-state index < -0.39 is 0 Å². The molecule has 0 aliphatic heterocycles. The molecule has 0 atom stereocenters. The van der Waals surface area contributed by atoms with Crippen LogP contribution in [0.1, 0.15) is 0 Å². The SMILES string of the molecule is CNc1cc(Oc2ccc(N)c(NC)c2)ccc1N. The number of nitrogen functional groups attached to an aromatic ring is 2. The first kappa shape index (κ1) is 12.9. The Kier molecular flexibility index (Phi) is 3.66. The molecule has 0 fully saturated rings. The lowest BCUT2D eigenvalue weighted by molar-refractivity contribution is 0.483. The van der Waals surface area contributed by atoms with Crippen molar-refractivity contribution in [1.29, 1.82) is 0 Å². The molecule has 0 aromatic heterocycles. The van der Waals surface area contributed by atoms with Crippen molar-refractivity contribution < 1.29 is 4.74 Å². The molecule has 0 heterocycles. The van der Waals surface area contributed by atoms with Gasteiger partial charge in [-0.05, 0) is 24.3 Å². The van der Waals surface area contributed by atoms with Crippen molar-refractivity contribution in [2.75, 3.05) is 36.2 Å². The quantitative estimate of drug-likeness (QED) is 0.634. The molecular weight excluding hydrogens is 240 g/mol. The van der Waals surface area contributed by atoms with Gasteiger partial charge >= 0.3 is 0 Å². The summed E-state index contributed by atoms with van der Waals surface area (Å²) in [4.78, 5) is 0. The summed E-state index contributed by atoms with van der Waals surface area (Å²) in [5.74, 6) is 1.43. The normalized spacial score (nSPS) is 10.0. The van der Waals surface area contributed by atoms with Gasteiger partial charge in [0.1, 0.15) is 11.5 Å². The number of nitrogens with one attached hydrogen (secondary N) is 2. The fourth-order valence-corrected chi connectivity index (χ4v) is 1.77. The average molecular weight is 258 g/mol. The van der Waals surface area contributed by atoms with Crippen LogP contribution in [0.15, 0.2) is 36.4 Å². The van der Waals surface area contributed by atoms with E-state index in [4.69, 9.17) is 16.2 Å². The molecule has 0 bridgehead atoms. The van der Waals surface area contributed by atoms with Gasteiger partial charge in [-0.25, -0.2) is 0 Å². The largest absolute Gasteiger partial charge is 0.457 e. The van der Waals surface area contributed by atoms with Crippen LogP contribution in [-0.4, -0.2) is 14.1 Å². The van der Waals surface area contributed by atoms with E-state index in [-0.39, 0.29) is 0 Å². The van der Waals surface area contributed by atoms with E-state index in [2.05, 4.69) is 10.6 Å². The van der Waals surface area contributed by atoms with Gasteiger partial charge in [0.15, 0.2) is 0 Å². The Morgan fingerprint density at radius 2 is 1.21 bits per heavy atom. The average Bonchev–Trinajstić information content (AvgIpc) is 2.43. The summed E-state index contributed by atoms with van der Waals surface area (Å²) >= 11 is 0. The third kappa shape index (κ3) is 2.82. The number of nitrogens with two attached hydrogens (primary N) is 2. The summed E-state index contributed by atoms with van der Waals surface area (Å²) in [6.07, 6.45) is 0. The Morgan fingerprint density at radius 3 is 1.58 bits per heavy atom. The number of rotatable bonds is 4. The molecular formula is C14H18N4O. The molecule has 6 N–H and O–H groups in total. The Bertz CT molecular complexity index is 532. The second kappa shape index (κ2) is 5.39. The molecule has 5 nitrogen and oxygen atoms in total. The maximum atomic E-state index is 5.81. The molecule has 2 aromatic carbocycles. The molecule has 0 amide bonds. The minimum absolute atomic E-state index is 0.683. The smallest absolute Gasteiger partial charge is 0.129 e. The van der Waals surface area contributed by atoms with Crippen LogP contribution in [0, 0.1) is 0 Å². The summed E-state index contributed by atoms with van der Waals surface area (Å²) in [6.45, 7) is 0. The van der Waals surface area contributed by atoms with E-state index >= 15 is 0 Å². The zero-order valence-corrected chi connectivity index (χ0v) is 11.0. The highest BCUT2D eigenvalue weighted by Crippen LogP contribution is 2.31. The molecule has 5 heteroatoms. The summed E-state index contributed by atoms with van der Waals surface area (Å²) in [6, 6.07) is 11.0. The van der Waals surface area contributed by atoms with Gasteiger partial charge in [-0.2, -0.15) is 0 Å². The zero-order chi connectivity index (χ0) is 13.8. The van der Waals surface area contributed by atoms with Crippen molar-refractivity contribution in [1.82, 2.24) is 0 Å². The first-order chi connectivity index (χ1) is 9.13. The Morgan fingerprint density at radius 1 is 0.789 bits per heavy atom. The summed E-state index contributed by atoms with van der Waals surface area (Å²) < 4.78 is 5.78. The van der Waals surface area contributed by atoms with Crippen LogP contribution in [-0.2, 0) is 0 Å². The van der Waals surface area contributed by atoms with E-state index in [9.17, 15) is 0 Å². The number of anilines is 4. The number of hydrogen-bond acceptors (Lipinski definition) is 5. The van der Waals surface area contributed by atoms with Crippen molar-refractivity contribution >= 4 is 22.7 Å². The molecule has 0 aliphatic rings. The van der Waals surface area contributed by atoms with E-state index in [1.807, 2.05) is 38.4 Å². The van der Waals surface area contributed by atoms with Gasteiger partial charge in [-0.15, -0.1) is 0 Å². The van der Waals surface area contributed by atoms with Crippen molar-refractivity contribution in [3.05, 3.63) is 36.4 Å². The third-order valence-electron chi connectivity index (χ3n) is 2.82. The minimum atomic E-state index is 0.683. The van der Waals surface area contributed by atoms with Gasteiger partial charge in [0.2, 0.25) is 0 Å². The summed E-state index contributed by atoms with van der Waals surface area (Å²) in [5.41, 5.74) is 14.7. The van der Waals surface area contributed by atoms with Crippen molar-refractivity contribution in [3.63, 3.8) is 0 Å². The van der Waals surface area contributed by atoms with Gasteiger partial charge in [0, 0.05) is 26.2 Å². The monoisotopic (exact) mass is 258 g/mol. The second-order valence-corrected chi connectivity index (χ2v) is 4.10. The number of ether oxygens (including phenoxy) is 1. The molecule has 2 aromatic rings. The lowest BCUT2D eigenvalue weighted by Crippen LogP contribution is -1.97. The van der Waals surface area contributed by atoms with Crippen LogP contribution in [0.25, 0.3) is 0 Å². The van der Waals surface area contributed by atoms with Crippen LogP contribution >= 0.6 is 0 Å². The van der Waals surface area contributed by atoms with E-state index in [0.717, 1.165) is 11.4 Å². The maximum Gasteiger partial charge on any atom is 0.129 e. The predicted octanol–water partition coefficient (Wildman–Crippen LogP) is 2.73. The predicted molar refractivity (Wildman–Crippen MR) is 80.9 cm³/mol. The lowest BCUT2D eigenvalue weighted by atomic mass is 10.2. The maximum absolute atomic E-state index is 5.81. The molecule has 0 saturated heterocycles. The van der Waals surface area contributed by atoms with Crippen LogP contribution < -0.4 is 26.8 Å². The molecule has 19 heavy (non-hydrogen) atoms. The van der Waals surface area contributed by atoms with E-state index in [1.165, 1.54) is 0 Å². The Labute approximate surface area is 112 Å². The highest BCUT2D eigenvalue weighted by Gasteiger charge is 2.04. The van der Waals surface area contributed by atoms with Gasteiger partial charge < -0.3 is 26.8 Å². The topological polar surface area (TPSA) is 85.3 Å². The van der Waals surface area contributed by atoms with Crippen molar-refractivity contribution in [3.8, 4) is 11.5 Å². The van der Waals surface area contributed by atoms with E-state index in [1.54, 1.807) is 12.1 Å². The lowest BCUT2D eigenvalue weighted by Gasteiger charge is -2.11. The molecule has 100 valence electrons. The minimum Gasteiger partial charge on any atom is -0.457 e. The number of hydrogen-bond donors (Lipinski definition) is 4. The van der Waals surface area contributed by atoms with Crippen molar-refractivity contribution in [2.45, 2.75) is 0 Å². The van der Waals surface area contributed by atoms with Gasteiger partial charge in [-0.1, -0.05) is 0 Å². The van der Waals surface area contributed by atoms with E-state index in [0.29, 0.717) is 22.9 Å². The van der Waals surface area contributed by atoms with Crippen LogP contribution in [0.2, 0.25) is 0 Å². The fraction of sp³-hybridized carbons (Fsp3) is 0.143. The standard InChI is InChI=1S/C14H18N4O/c1-17-13-7-9(3-5-11(13)15)19-10-4-6-12(16)14(8-10)18-2/h3-8,17-18H,15-16H2,1-2H3. The van der Waals surface area contributed by atoms with Gasteiger partial charge in [0.25, 0.3) is 0 Å².